The van der Waals surface area contributed by atoms with Crippen LogP contribution in [0.15, 0.2) is 40.9 Å². The van der Waals surface area contributed by atoms with Crippen LogP contribution in [0.1, 0.15) is 15.9 Å². The number of anilines is 1. The first-order valence-corrected chi connectivity index (χ1v) is 8.51. The van der Waals surface area contributed by atoms with E-state index in [0.29, 0.717) is 46.0 Å². The molecule has 0 aliphatic carbocycles. The van der Waals surface area contributed by atoms with Gasteiger partial charge in [-0.15, -0.1) is 11.6 Å². The van der Waals surface area contributed by atoms with E-state index >= 15 is 0 Å². The summed E-state index contributed by atoms with van der Waals surface area (Å²) < 4.78 is 11.7. The van der Waals surface area contributed by atoms with Gasteiger partial charge in [-0.3, -0.25) is 9.59 Å². The van der Waals surface area contributed by atoms with Crippen LogP contribution in [0.5, 0.6) is 11.5 Å². The molecule has 0 atom stereocenters. The maximum Gasteiger partial charge on any atom is 0.239 e. The quantitative estimate of drug-likeness (QED) is 0.617. The van der Waals surface area contributed by atoms with Gasteiger partial charge < -0.3 is 14.8 Å². The summed E-state index contributed by atoms with van der Waals surface area (Å²) in [6.07, 6.45) is 0. The minimum Gasteiger partial charge on any atom is -0.486 e. The summed E-state index contributed by atoms with van der Waals surface area (Å²) in [4.78, 5) is 24.6. The second kappa shape index (κ2) is 7.23. The Kier molecular flexibility index (Phi) is 5.06. The van der Waals surface area contributed by atoms with Gasteiger partial charge in [0.05, 0.1) is 11.3 Å². The third kappa shape index (κ3) is 3.39. The monoisotopic (exact) mass is 409 g/mol. The fourth-order valence-corrected chi connectivity index (χ4v) is 2.89. The van der Waals surface area contributed by atoms with Crippen molar-refractivity contribution in [3.8, 4) is 11.5 Å². The fourth-order valence-electron chi connectivity index (χ4n) is 2.35. The first kappa shape index (κ1) is 16.8. The van der Waals surface area contributed by atoms with Crippen molar-refractivity contribution in [3.05, 3.63) is 52.0 Å². The predicted molar refractivity (Wildman–Crippen MR) is 94.4 cm³/mol. The minimum atomic E-state index is -0.408. The zero-order chi connectivity index (χ0) is 17.1. The lowest BCUT2D eigenvalue weighted by molar-refractivity contribution is -0.113. The number of halogens is 2. The van der Waals surface area contributed by atoms with Crippen LogP contribution < -0.4 is 14.8 Å². The van der Waals surface area contributed by atoms with E-state index < -0.39 is 5.91 Å². The molecule has 0 unspecified atom stereocenters. The second-order valence-electron chi connectivity index (χ2n) is 5.03. The van der Waals surface area contributed by atoms with Gasteiger partial charge in [-0.1, -0.05) is 28.1 Å². The predicted octanol–water partition coefficient (Wildman–Crippen LogP) is 3.63. The zero-order valence-electron chi connectivity index (χ0n) is 12.5. The molecule has 0 spiro atoms. The summed E-state index contributed by atoms with van der Waals surface area (Å²) in [6.45, 7) is 0.816. The highest BCUT2D eigenvalue weighted by Crippen LogP contribution is 2.37. The number of nitrogens with one attached hydrogen (secondary N) is 1. The highest BCUT2D eigenvalue weighted by Gasteiger charge is 2.22. The van der Waals surface area contributed by atoms with Crippen LogP contribution in [-0.4, -0.2) is 30.8 Å². The van der Waals surface area contributed by atoms with E-state index in [9.17, 15) is 9.59 Å². The van der Waals surface area contributed by atoms with Crippen LogP contribution in [0.4, 0.5) is 5.69 Å². The summed E-state index contributed by atoms with van der Waals surface area (Å²) in [6, 6.07) is 10.2. The second-order valence-corrected chi connectivity index (χ2v) is 6.15. The van der Waals surface area contributed by atoms with Gasteiger partial charge >= 0.3 is 0 Å². The van der Waals surface area contributed by atoms with E-state index in [4.69, 9.17) is 21.1 Å². The number of benzene rings is 2. The molecule has 0 bridgehead atoms. The Labute approximate surface area is 152 Å². The molecule has 0 saturated heterocycles. The SMILES string of the molecule is O=C(CCl)Nc1cc2c(cc1C(=O)c1ccccc1Br)OCCO2. The topological polar surface area (TPSA) is 64.6 Å². The van der Waals surface area contributed by atoms with E-state index in [1.807, 2.05) is 6.07 Å². The van der Waals surface area contributed by atoms with Gasteiger partial charge in [0.1, 0.15) is 19.1 Å². The zero-order valence-corrected chi connectivity index (χ0v) is 14.8. The molecule has 124 valence electrons. The molecule has 5 nitrogen and oxygen atoms in total. The Hall–Kier alpha value is -2.05. The van der Waals surface area contributed by atoms with Crippen LogP contribution in [0, 0.1) is 0 Å². The van der Waals surface area contributed by atoms with Crippen molar-refractivity contribution in [2.75, 3.05) is 24.4 Å². The molecule has 0 radical (unpaired) electrons. The van der Waals surface area contributed by atoms with Gasteiger partial charge in [0.2, 0.25) is 5.91 Å². The normalized spacial score (nSPS) is 12.6. The van der Waals surface area contributed by atoms with Crippen molar-refractivity contribution in [2.45, 2.75) is 0 Å². The number of carbonyl (C=O) groups is 2. The van der Waals surface area contributed by atoms with Crippen LogP contribution in [0.25, 0.3) is 0 Å². The highest BCUT2D eigenvalue weighted by atomic mass is 79.9. The van der Waals surface area contributed by atoms with Gasteiger partial charge in [0.25, 0.3) is 0 Å². The summed E-state index contributed by atoms with van der Waals surface area (Å²) in [5.74, 6) is 0.0889. The molecule has 1 heterocycles. The van der Waals surface area contributed by atoms with Gasteiger partial charge in [-0.05, 0) is 18.2 Å². The Morgan fingerprint density at radius 1 is 1.08 bits per heavy atom. The summed E-state index contributed by atoms with van der Waals surface area (Å²) in [5, 5.41) is 2.64. The van der Waals surface area contributed by atoms with E-state index in [2.05, 4.69) is 21.2 Å². The van der Waals surface area contributed by atoms with E-state index in [1.54, 1.807) is 30.3 Å². The Balaban J connectivity index is 2.08. The molecule has 24 heavy (non-hydrogen) atoms. The van der Waals surface area contributed by atoms with Crippen molar-refractivity contribution in [1.29, 1.82) is 0 Å². The molecule has 1 aliphatic rings. The van der Waals surface area contributed by atoms with Crippen molar-refractivity contribution in [2.24, 2.45) is 0 Å². The van der Waals surface area contributed by atoms with Gasteiger partial charge in [-0.2, -0.15) is 0 Å². The Bertz CT molecular complexity index is 809. The standard InChI is InChI=1S/C17H13BrClNO4/c18-12-4-2-1-3-10(12)17(22)11-7-14-15(24-6-5-23-14)8-13(11)20-16(21)9-19/h1-4,7-8H,5-6,9H2,(H,20,21). The van der Waals surface area contributed by atoms with Crippen LogP contribution in [-0.2, 0) is 4.79 Å². The number of hydrogen-bond acceptors (Lipinski definition) is 4. The molecular weight excluding hydrogens is 398 g/mol. The lowest BCUT2D eigenvalue weighted by atomic mass is 10.0. The highest BCUT2D eigenvalue weighted by molar-refractivity contribution is 9.10. The molecular formula is C17H13BrClNO4. The number of alkyl halides is 1. The third-order valence-electron chi connectivity index (χ3n) is 3.44. The fraction of sp³-hybridized carbons (Fsp3) is 0.176. The van der Waals surface area contributed by atoms with E-state index in [1.165, 1.54) is 0 Å². The van der Waals surface area contributed by atoms with Crippen molar-refractivity contribution >= 4 is 44.9 Å². The smallest absolute Gasteiger partial charge is 0.239 e. The number of ether oxygens (including phenoxy) is 2. The van der Waals surface area contributed by atoms with Crippen LogP contribution in [0.3, 0.4) is 0 Å². The molecule has 1 amide bonds. The molecule has 0 fully saturated rings. The summed E-state index contributed by atoms with van der Waals surface area (Å²) >= 11 is 8.93. The molecule has 7 heteroatoms. The van der Waals surface area contributed by atoms with Gasteiger partial charge in [0.15, 0.2) is 17.3 Å². The number of ketones is 1. The number of hydrogen-bond donors (Lipinski definition) is 1. The largest absolute Gasteiger partial charge is 0.486 e. The molecule has 0 aromatic heterocycles. The summed E-state index contributed by atoms with van der Waals surface area (Å²) in [7, 11) is 0. The first-order chi connectivity index (χ1) is 11.6. The number of rotatable bonds is 4. The number of fused-ring (bicyclic) bond motifs is 1. The van der Waals surface area contributed by atoms with Crippen LogP contribution >= 0.6 is 27.5 Å². The Morgan fingerprint density at radius 3 is 2.42 bits per heavy atom. The lowest BCUT2D eigenvalue weighted by Crippen LogP contribution is -2.19. The van der Waals surface area contributed by atoms with Gasteiger partial charge in [-0.25, -0.2) is 0 Å². The molecule has 1 aliphatic heterocycles. The molecule has 0 saturated carbocycles. The number of amides is 1. The van der Waals surface area contributed by atoms with Gasteiger partial charge in [0, 0.05) is 16.1 Å². The average Bonchev–Trinajstić information content (AvgIpc) is 2.61. The lowest BCUT2D eigenvalue weighted by Gasteiger charge is -2.21. The van der Waals surface area contributed by atoms with Crippen molar-refractivity contribution in [1.82, 2.24) is 0 Å². The van der Waals surface area contributed by atoms with Crippen LogP contribution in [0.2, 0.25) is 0 Å². The van der Waals surface area contributed by atoms with E-state index in [0.717, 1.165) is 0 Å². The van der Waals surface area contributed by atoms with Crippen molar-refractivity contribution in [3.63, 3.8) is 0 Å². The number of carbonyl (C=O) groups excluding carboxylic acids is 2. The molecule has 2 aromatic rings. The average molecular weight is 411 g/mol. The first-order valence-electron chi connectivity index (χ1n) is 7.19. The third-order valence-corrected chi connectivity index (χ3v) is 4.38. The summed E-state index contributed by atoms with van der Waals surface area (Å²) in [5.41, 5.74) is 1.13. The maximum absolute atomic E-state index is 12.9. The molecule has 3 rings (SSSR count). The maximum atomic E-state index is 12.9. The Morgan fingerprint density at radius 2 is 1.75 bits per heavy atom. The minimum absolute atomic E-state index is 0.211. The van der Waals surface area contributed by atoms with E-state index in [-0.39, 0.29) is 11.7 Å². The molecule has 1 N–H and O–H groups in total. The van der Waals surface area contributed by atoms with Crippen molar-refractivity contribution < 1.29 is 19.1 Å². The molecule has 2 aromatic carbocycles.